The van der Waals surface area contributed by atoms with Gasteiger partial charge in [0.05, 0.1) is 18.3 Å². The first-order chi connectivity index (χ1) is 8.39. The zero-order valence-electron chi connectivity index (χ0n) is 11.1. The van der Waals surface area contributed by atoms with Crippen LogP contribution in [-0.2, 0) is 4.74 Å². The van der Waals surface area contributed by atoms with Crippen molar-refractivity contribution in [2.24, 2.45) is 0 Å². The largest absolute Gasteiger partial charge is 0.394 e. The maximum atomic E-state index is 9.29. The summed E-state index contributed by atoms with van der Waals surface area (Å²) in [5, 5.41) is 9.29. The fourth-order valence-corrected chi connectivity index (χ4v) is 2.30. The second-order valence-electron chi connectivity index (χ2n) is 5.26. The summed E-state index contributed by atoms with van der Waals surface area (Å²) in [6.07, 6.45) is -0.203. The average Bonchev–Trinajstić information content (AvgIpc) is 2.25. The van der Waals surface area contributed by atoms with Gasteiger partial charge in [-0.3, -0.25) is 0 Å². The van der Waals surface area contributed by atoms with E-state index in [2.05, 4.69) is 14.9 Å². The van der Waals surface area contributed by atoms with Crippen LogP contribution in [0.5, 0.6) is 0 Å². The second-order valence-corrected chi connectivity index (χ2v) is 5.26. The fraction of sp³-hybridized carbons (Fsp3) is 0.667. The lowest BCUT2D eigenvalue weighted by atomic mass is 10.1. The molecule has 1 aliphatic heterocycles. The van der Waals surface area contributed by atoms with E-state index in [-0.39, 0.29) is 18.3 Å². The molecule has 2 heterocycles. The first-order valence-electron chi connectivity index (χ1n) is 6.04. The van der Waals surface area contributed by atoms with Gasteiger partial charge in [0.1, 0.15) is 17.5 Å². The normalized spacial score (nSPS) is 23.1. The third-order valence-electron chi connectivity index (χ3n) is 2.85. The van der Waals surface area contributed by atoms with Gasteiger partial charge < -0.3 is 20.5 Å². The van der Waals surface area contributed by atoms with Gasteiger partial charge in [0.15, 0.2) is 0 Å². The first kappa shape index (κ1) is 13.0. The van der Waals surface area contributed by atoms with E-state index in [9.17, 15) is 5.11 Å². The van der Waals surface area contributed by atoms with Crippen molar-refractivity contribution in [1.29, 1.82) is 0 Å². The summed E-state index contributed by atoms with van der Waals surface area (Å²) in [4.78, 5) is 10.5. The smallest absolute Gasteiger partial charge is 0.134 e. The molecular formula is C12H20N4O2. The van der Waals surface area contributed by atoms with Crippen LogP contribution >= 0.6 is 0 Å². The molecule has 0 aromatic carbocycles. The van der Waals surface area contributed by atoms with Crippen LogP contribution in [0.3, 0.4) is 0 Å². The van der Waals surface area contributed by atoms with E-state index in [0.29, 0.717) is 24.7 Å². The Labute approximate surface area is 107 Å². The molecule has 1 aromatic rings. The molecule has 3 N–H and O–H groups in total. The summed E-state index contributed by atoms with van der Waals surface area (Å²) in [5.74, 6) is 1.90. The highest BCUT2D eigenvalue weighted by molar-refractivity contribution is 5.47. The number of aliphatic hydroxyl groups excluding tert-OH is 1. The Morgan fingerprint density at radius 2 is 2.28 bits per heavy atom. The Hall–Kier alpha value is -1.40. The number of hydrogen-bond donors (Lipinski definition) is 2. The number of nitrogens with zero attached hydrogens (tertiary/aromatic N) is 3. The topological polar surface area (TPSA) is 84.5 Å². The SMILES string of the molecule is Cc1nc(N)cc(N2CC(CO)OC(C)(C)C2)n1. The second kappa shape index (κ2) is 4.70. The van der Waals surface area contributed by atoms with Crippen LogP contribution in [-0.4, -0.2) is 46.5 Å². The highest BCUT2D eigenvalue weighted by atomic mass is 16.5. The number of anilines is 2. The summed E-state index contributed by atoms with van der Waals surface area (Å²) in [6, 6.07) is 1.75. The highest BCUT2D eigenvalue weighted by Crippen LogP contribution is 2.25. The van der Waals surface area contributed by atoms with Crippen LogP contribution < -0.4 is 10.6 Å². The quantitative estimate of drug-likeness (QED) is 0.789. The Kier molecular flexibility index (Phi) is 3.41. The minimum absolute atomic E-state index is 0.000518. The molecule has 1 unspecified atom stereocenters. The molecule has 1 aliphatic rings. The van der Waals surface area contributed by atoms with Crippen LogP contribution in [0.15, 0.2) is 6.07 Å². The van der Waals surface area contributed by atoms with E-state index in [1.807, 2.05) is 20.8 Å². The van der Waals surface area contributed by atoms with E-state index in [1.165, 1.54) is 0 Å². The van der Waals surface area contributed by atoms with E-state index in [0.717, 1.165) is 5.82 Å². The summed E-state index contributed by atoms with van der Waals surface area (Å²) in [5.41, 5.74) is 5.42. The van der Waals surface area contributed by atoms with Crippen LogP contribution in [0.4, 0.5) is 11.6 Å². The van der Waals surface area contributed by atoms with E-state index < -0.39 is 0 Å². The standard InChI is InChI=1S/C12H20N4O2/c1-8-14-10(13)4-11(15-8)16-5-9(6-17)18-12(2,3)7-16/h4,9,17H,5-7H2,1-3H3,(H2,13,14,15). The summed E-state index contributed by atoms with van der Waals surface area (Å²) < 4.78 is 5.77. The molecular weight excluding hydrogens is 232 g/mol. The third-order valence-corrected chi connectivity index (χ3v) is 2.85. The lowest BCUT2D eigenvalue weighted by Crippen LogP contribution is -2.54. The van der Waals surface area contributed by atoms with E-state index in [4.69, 9.17) is 10.5 Å². The van der Waals surface area contributed by atoms with Crippen molar-refractivity contribution >= 4 is 11.6 Å². The van der Waals surface area contributed by atoms with Gasteiger partial charge in [-0.2, -0.15) is 0 Å². The summed E-state index contributed by atoms with van der Waals surface area (Å²) in [6.45, 7) is 7.13. The van der Waals surface area contributed by atoms with Crippen LogP contribution in [0.25, 0.3) is 0 Å². The van der Waals surface area contributed by atoms with Crippen molar-refractivity contribution in [3.05, 3.63) is 11.9 Å². The lowest BCUT2D eigenvalue weighted by molar-refractivity contribution is -0.101. The third kappa shape index (κ3) is 2.88. The van der Waals surface area contributed by atoms with Gasteiger partial charge in [-0.05, 0) is 20.8 Å². The zero-order chi connectivity index (χ0) is 13.3. The number of aromatic nitrogens is 2. The van der Waals surface area contributed by atoms with Crippen LogP contribution in [0, 0.1) is 6.92 Å². The van der Waals surface area contributed by atoms with Crippen molar-refractivity contribution in [3.8, 4) is 0 Å². The molecule has 0 saturated carbocycles. The molecule has 1 saturated heterocycles. The Morgan fingerprint density at radius 3 is 2.89 bits per heavy atom. The number of hydrogen-bond acceptors (Lipinski definition) is 6. The van der Waals surface area contributed by atoms with Crippen molar-refractivity contribution in [3.63, 3.8) is 0 Å². The van der Waals surface area contributed by atoms with Gasteiger partial charge in [0, 0.05) is 19.2 Å². The van der Waals surface area contributed by atoms with Crippen molar-refractivity contribution in [2.45, 2.75) is 32.5 Å². The Bertz CT molecular complexity index is 416. The molecule has 0 radical (unpaired) electrons. The number of aryl methyl sites for hydroxylation is 1. The number of nitrogen functional groups attached to an aromatic ring is 1. The molecule has 2 rings (SSSR count). The highest BCUT2D eigenvalue weighted by Gasteiger charge is 2.33. The number of ether oxygens (including phenoxy) is 1. The first-order valence-corrected chi connectivity index (χ1v) is 6.04. The van der Waals surface area contributed by atoms with E-state index >= 15 is 0 Å². The molecule has 0 aliphatic carbocycles. The Morgan fingerprint density at radius 1 is 1.56 bits per heavy atom. The van der Waals surface area contributed by atoms with Crippen LogP contribution in [0.1, 0.15) is 19.7 Å². The maximum absolute atomic E-state index is 9.29. The molecule has 18 heavy (non-hydrogen) atoms. The molecule has 6 heteroatoms. The molecule has 1 aromatic heterocycles. The van der Waals surface area contributed by atoms with Gasteiger partial charge in [-0.25, -0.2) is 9.97 Å². The molecule has 0 spiro atoms. The van der Waals surface area contributed by atoms with Crippen molar-refractivity contribution in [2.75, 3.05) is 30.3 Å². The summed E-state index contributed by atoms with van der Waals surface area (Å²) in [7, 11) is 0. The monoisotopic (exact) mass is 252 g/mol. The van der Waals surface area contributed by atoms with Crippen LogP contribution in [0.2, 0.25) is 0 Å². The fourth-order valence-electron chi connectivity index (χ4n) is 2.30. The maximum Gasteiger partial charge on any atom is 0.134 e. The predicted octanol–water partition coefficient (Wildman–Crippen LogP) is 0.343. The van der Waals surface area contributed by atoms with Crippen molar-refractivity contribution < 1.29 is 9.84 Å². The molecule has 0 amide bonds. The number of rotatable bonds is 2. The van der Waals surface area contributed by atoms with Gasteiger partial charge in [-0.15, -0.1) is 0 Å². The minimum atomic E-state index is -0.320. The molecule has 100 valence electrons. The number of nitrogens with two attached hydrogens (primary N) is 1. The molecule has 6 nitrogen and oxygen atoms in total. The Balaban J connectivity index is 2.26. The zero-order valence-corrected chi connectivity index (χ0v) is 11.1. The number of morpholine rings is 1. The molecule has 1 fully saturated rings. The van der Waals surface area contributed by atoms with E-state index in [1.54, 1.807) is 6.07 Å². The average molecular weight is 252 g/mol. The van der Waals surface area contributed by atoms with Gasteiger partial charge in [-0.1, -0.05) is 0 Å². The van der Waals surface area contributed by atoms with Crippen molar-refractivity contribution in [1.82, 2.24) is 9.97 Å². The number of aliphatic hydroxyl groups is 1. The van der Waals surface area contributed by atoms with Gasteiger partial charge in [0.2, 0.25) is 0 Å². The molecule has 1 atom stereocenters. The predicted molar refractivity (Wildman–Crippen MR) is 69.4 cm³/mol. The molecule has 0 bridgehead atoms. The summed E-state index contributed by atoms with van der Waals surface area (Å²) >= 11 is 0. The minimum Gasteiger partial charge on any atom is -0.394 e. The lowest BCUT2D eigenvalue weighted by Gasteiger charge is -2.42. The van der Waals surface area contributed by atoms with Gasteiger partial charge >= 0.3 is 0 Å². The van der Waals surface area contributed by atoms with Gasteiger partial charge in [0.25, 0.3) is 0 Å².